The number of hydrogen-bond acceptors (Lipinski definition) is 6. The molecule has 10 heteroatoms. The summed E-state index contributed by atoms with van der Waals surface area (Å²) < 4.78 is 1.83. The quantitative estimate of drug-likeness (QED) is 0.117. The molecular formula is C27H54BiN3S6. The molecule has 0 N–H and O–H groups in total. The SMILES string of the molecule is CC(C)CN(CC(C)C)C(=S)[S-].CC(C)CN(CC(C)C)C(=S)[S-].CC(C)CN(CC(C)C)C(=S)[S-].[Bi+3]. The van der Waals surface area contributed by atoms with Gasteiger partial charge in [-0.1, -0.05) is 96.0 Å². The third-order valence-corrected chi connectivity index (χ3v) is 5.84. The Balaban J connectivity index is -0.000000218. The summed E-state index contributed by atoms with van der Waals surface area (Å²) in [4.78, 5) is 6.33. The molecule has 0 aromatic carbocycles. The van der Waals surface area contributed by atoms with E-state index >= 15 is 0 Å². The van der Waals surface area contributed by atoms with Gasteiger partial charge in [-0.25, -0.2) is 0 Å². The first-order chi connectivity index (χ1) is 16.3. The summed E-state index contributed by atoms with van der Waals surface area (Å²) in [5, 5.41) is 0. The van der Waals surface area contributed by atoms with E-state index in [4.69, 9.17) is 74.5 Å². The molecule has 3 nitrogen and oxygen atoms in total. The van der Waals surface area contributed by atoms with E-state index in [0.717, 1.165) is 39.3 Å². The number of thiocarbonyl (C=S) groups is 3. The van der Waals surface area contributed by atoms with Gasteiger partial charge in [0.2, 0.25) is 0 Å². The molecule has 0 heterocycles. The first-order valence-electron chi connectivity index (χ1n) is 13.2. The molecule has 0 aliphatic heterocycles. The fourth-order valence-corrected chi connectivity index (χ4v) is 4.21. The van der Waals surface area contributed by atoms with E-state index in [0.29, 0.717) is 48.5 Å². The van der Waals surface area contributed by atoms with Crippen LogP contribution in [0.2, 0.25) is 0 Å². The van der Waals surface area contributed by atoms with Crippen LogP contribution in [0.5, 0.6) is 0 Å². The van der Waals surface area contributed by atoms with E-state index in [-0.39, 0.29) is 26.2 Å². The summed E-state index contributed by atoms with van der Waals surface area (Å²) in [6, 6.07) is 0. The Morgan fingerprint density at radius 3 is 0.568 bits per heavy atom. The van der Waals surface area contributed by atoms with Crippen LogP contribution < -0.4 is 0 Å². The zero-order valence-electron chi connectivity index (χ0n) is 25.4. The van der Waals surface area contributed by atoms with Crippen LogP contribution in [0.15, 0.2) is 0 Å². The summed E-state index contributed by atoms with van der Waals surface area (Å²) in [6.45, 7) is 32.1. The molecule has 0 aromatic heterocycles. The minimum Gasteiger partial charge on any atom is -0.411 e. The normalized spacial score (nSPS) is 10.5. The third-order valence-electron chi connectivity index (χ3n) is 4.29. The molecule has 2 radical (unpaired) electrons. The summed E-state index contributed by atoms with van der Waals surface area (Å²) in [7, 11) is 0. The van der Waals surface area contributed by atoms with Crippen molar-refractivity contribution in [2.24, 2.45) is 35.5 Å². The van der Waals surface area contributed by atoms with Crippen molar-refractivity contribution < 1.29 is 0 Å². The molecule has 0 saturated carbocycles. The van der Waals surface area contributed by atoms with Crippen molar-refractivity contribution in [1.82, 2.24) is 14.7 Å². The molecule has 0 fully saturated rings. The van der Waals surface area contributed by atoms with Gasteiger partial charge in [0.25, 0.3) is 0 Å². The largest absolute Gasteiger partial charge is 3.00 e. The van der Waals surface area contributed by atoms with E-state index in [2.05, 4.69) is 97.8 Å². The summed E-state index contributed by atoms with van der Waals surface area (Å²) in [5.41, 5.74) is 0. The fourth-order valence-electron chi connectivity index (χ4n) is 3.32. The molecule has 0 unspecified atom stereocenters. The molecule has 0 rings (SSSR count). The van der Waals surface area contributed by atoms with Crippen molar-refractivity contribution in [3.63, 3.8) is 0 Å². The van der Waals surface area contributed by atoms with Crippen molar-refractivity contribution >= 4 is 114 Å². The fraction of sp³-hybridized carbons (Fsp3) is 0.889. The van der Waals surface area contributed by atoms with Crippen LogP contribution in [0.4, 0.5) is 0 Å². The smallest absolute Gasteiger partial charge is 0.411 e. The molecule has 0 aliphatic rings. The minimum atomic E-state index is 0. The van der Waals surface area contributed by atoms with Crippen LogP contribution in [0.1, 0.15) is 83.1 Å². The predicted octanol–water partition coefficient (Wildman–Crippen LogP) is 6.92. The van der Waals surface area contributed by atoms with E-state index < -0.39 is 0 Å². The Bertz CT molecular complexity index is 488. The van der Waals surface area contributed by atoms with Gasteiger partial charge in [0.15, 0.2) is 0 Å². The van der Waals surface area contributed by atoms with Crippen molar-refractivity contribution in [3.05, 3.63) is 0 Å². The first-order valence-corrected chi connectivity index (χ1v) is 15.6. The van der Waals surface area contributed by atoms with Gasteiger partial charge in [-0.15, -0.1) is 0 Å². The van der Waals surface area contributed by atoms with E-state index in [1.807, 2.05) is 0 Å². The Hall–Kier alpha value is 1.21. The van der Waals surface area contributed by atoms with Gasteiger partial charge >= 0.3 is 26.2 Å². The molecule has 0 amide bonds. The molecule has 0 bridgehead atoms. The second kappa shape index (κ2) is 26.1. The van der Waals surface area contributed by atoms with Gasteiger partial charge in [-0.05, 0) is 35.5 Å². The average molecular weight is 822 g/mol. The average Bonchev–Trinajstić information content (AvgIpc) is 2.65. The van der Waals surface area contributed by atoms with Gasteiger partial charge in [0, 0.05) is 39.3 Å². The Kier molecular flexibility index (Phi) is 31.9. The molecule has 0 aliphatic carbocycles. The standard InChI is InChI=1S/3C9H19NS2.Bi/c3*1-7(2)5-10(9(11)12)6-8(3)4;/h3*7-8H,5-6H2,1-4H3,(H,11,12);/q;;;+3/p-3. The van der Waals surface area contributed by atoms with Crippen LogP contribution >= 0.6 is 36.7 Å². The molecule has 0 aromatic rings. The first kappa shape index (κ1) is 45.2. The van der Waals surface area contributed by atoms with Gasteiger partial charge < -0.3 is 89.2 Å². The van der Waals surface area contributed by atoms with Gasteiger partial charge in [-0.3, -0.25) is 0 Å². The summed E-state index contributed by atoms with van der Waals surface area (Å²) >= 11 is 30.0. The maximum atomic E-state index is 4.99. The van der Waals surface area contributed by atoms with Crippen molar-refractivity contribution in [1.29, 1.82) is 0 Å². The molecule has 37 heavy (non-hydrogen) atoms. The summed E-state index contributed by atoms with van der Waals surface area (Å²) in [6.07, 6.45) is 0. The molecule has 0 spiro atoms. The van der Waals surface area contributed by atoms with Crippen LogP contribution in [-0.4, -0.2) is 93.1 Å². The number of nitrogens with zero attached hydrogens (tertiary/aromatic N) is 3. The molecule has 0 atom stereocenters. The van der Waals surface area contributed by atoms with Crippen molar-refractivity contribution in [3.8, 4) is 0 Å². The van der Waals surface area contributed by atoms with Crippen LogP contribution in [0.3, 0.4) is 0 Å². The van der Waals surface area contributed by atoms with Crippen LogP contribution in [0, 0.1) is 35.5 Å². The molecule has 218 valence electrons. The van der Waals surface area contributed by atoms with Crippen LogP contribution in [0.25, 0.3) is 0 Å². The van der Waals surface area contributed by atoms with Crippen molar-refractivity contribution in [2.75, 3.05) is 39.3 Å². The van der Waals surface area contributed by atoms with E-state index in [1.54, 1.807) is 0 Å². The zero-order chi connectivity index (χ0) is 29.2. The number of rotatable bonds is 12. The van der Waals surface area contributed by atoms with Crippen molar-refractivity contribution in [2.45, 2.75) is 83.1 Å². The number of hydrogen-bond donors (Lipinski definition) is 0. The van der Waals surface area contributed by atoms with Gasteiger partial charge in [0.05, 0.1) is 0 Å². The van der Waals surface area contributed by atoms with E-state index in [9.17, 15) is 0 Å². The van der Waals surface area contributed by atoms with E-state index in [1.165, 1.54) is 0 Å². The minimum absolute atomic E-state index is 0. The molecule has 0 saturated heterocycles. The Morgan fingerprint density at radius 2 is 0.514 bits per heavy atom. The Morgan fingerprint density at radius 1 is 0.405 bits per heavy atom. The van der Waals surface area contributed by atoms with Crippen LogP contribution in [-0.2, 0) is 37.9 Å². The second-order valence-corrected chi connectivity index (χ2v) is 15.0. The predicted molar refractivity (Wildman–Crippen MR) is 189 cm³/mol. The zero-order valence-corrected chi connectivity index (χ0v) is 33.8. The maximum absolute atomic E-state index is 4.99. The second-order valence-electron chi connectivity index (χ2n) is 11.9. The maximum Gasteiger partial charge on any atom is 3.00 e. The summed E-state index contributed by atoms with van der Waals surface area (Å²) in [5.74, 6) is 3.78. The van der Waals surface area contributed by atoms with Gasteiger partial charge in [-0.2, -0.15) is 0 Å². The molecular weight excluding hydrogens is 768 g/mol. The van der Waals surface area contributed by atoms with Gasteiger partial charge in [0.1, 0.15) is 0 Å². The Labute approximate surface area is 283 Å². The topological polar surface area (TPSA) is 9.72 Å². The monoisotopic (exact) mass is 821 g/mol. The third kappa shape index (κ3) is 33.3.